The summed E-state index contributed by atoms with van der Waals surface area (Å²) in [7, 11) is 0. The predicted octanol–water partition coefficient (Wildman–Crippen LogP) is 28.9. The molecule has 0 aliphatic rings. The highest BCUT2D eigenvalue weighted by Crippen LogP contribution is 2.48. The second-order valence-corrected chi connectivity index (χ2v) is 29.9. The fourth-order valence-electron chi connectivity index (χ4n) is 17.3. The third-order valence-corrected chi connectivity index (χ3v) is 22.7. The zero-order valence-electron chi connectivity index (χ0n) is 64.1. The molecule has 5 heterocycles. The Hall–Kier alpha value is -15.8. The van der Waals surface area contributed by atoms with Crippen LogP contribution in [-0.2, 0) is 0 Å². The highest BCUT2D eigenvalue weighted by molar-refractivity contribution is 6.23. The fraction of sp³-hybridized carbons (Fsp3) is 0. The summed E-state index contributed by atoms with van der Waals surface area (Å²) >= 11 is 0. The quantitative estimate of drug-likeness (QED) is 0.0839. The Morgan fingerprint density at radius 2 is 0.441 bits per heavy atom. The molecule has 550 valence electrons. The highest BCUT2D eigenvalue weighted by Gasteiger charge is 2.23. The third-order valence-electron chi connectivity index (χ3n) is 22.7. The maximum Gasteiger partial charge on any atom is 0.160 e. The van der Waals surface area contributed by atoms with Crippen molar-refractivity contribution in [3.63, 3.8) is 0 Å². The van der Waals surface area contributed by atoms with Gasteiger partial charge in [-0.25, -0.2) is 19.9 Å². The van der Waals surface area contributed by atoms with Crippen LogP contribution in [0.4, 0.5) is 0 Å². The Labute approximate surface area is 683 Å². The second kappa shape index (κ2) is 30.6. The van der Waals surface area contributed by atoms with Gasteiger partial charge in [0.1, 0.15) is 0 Å². The number of fused-ring (bicyclic) bond motifs is 8. The van der Waals surface area contributed by atoms with E-state index in [1.807, 2.05) is 43.0 Å². The minimum Gasteiger partial charge on any atom is -0.264 e. The number of nitrogens with zero attached hydrogens (tertiary/aromatic N) is 7. The van der Waals surface area contributed by atoms with Crippen LogP contribution in [0.2, 0.25) is 0 Å². The molecule has 0 saturated carbocycles. The van der Waals surface area contributed by atoms with Gasteiger partial charge in [0.2, 0.25) is 0 Å². The summed E-state index contributed by atoms with van der Waals surface area (Å²) in [5, 5.41) is 16.9. The van der Waals surface area contributed by atoms with E-state index >= 15 is 0 Å². The molecule has 7 heteroatoms. The van der Waals surface area contributed by atoms with Crippen molar-refractivity contribution in [2.24, 2.45) is 0 Å². The Morgan fingerprint density at radius 3 is 0.864 bits per heavy atom. The lowest BCUT2D eigenvalue weighted by atomic mass is 9.85. The lowest BCUT2D eigenvalue weighted by Crippen LogP contribution is -1.97. The third kappa shape index (κ3) is 13.3. The van der Waals surface area contributed by atoms with Gasteiger partial charge in [-0.2, -0.15) is 0 Å². The van der Waals surface area contributed by atoms with E-state index < -0.39 is 0 Å². The minimum absolute atomic E-state index is 0.660. The van der Waals surface area contributed by atoms with Gasteiger partial charge in [-0.05, 0) is 209 Å². The molecule has 0 aliphatic heterocycles. The molecule has 0 unspecified atom stereocenters. The molecule has 5 aromatic heterocycles. The van der Waals surface area contributed by atoms with E-state index in [0.717, 1.165) is 106 Å². The van der Waals surface area contributed by atoms with Gasteiger partial charge in [-0.1, -0.05) is 322 Å². The first-order valence-electron chi connectivity index (χ1n) is 39.8. The molecule has 0 amide bonds. The first-order chi connectivity index (χ1) is 58.5. The van der Waals surface area contributed by atoms with Crippen molar-refractivity contribution >= 4 is 75.4 Å². The normalized spacial score (nSPS) is 11.4. The monoisotopic (exact) mass is 1500 g/mol. The summed E-state index contributed by atoms with van der Waals surface area (Å²) in [6.45, 7) is 0. The van der Waals surface area contributed by atoms with Gasteiger partial charge in [0.05, 0.1) is 22.8 Å². The molecule has 7 nitrogen and oxygen atoms in total. The van der Waals surface area contributed by atoms with Crippen LogP contribution in [0.15, 0.2) is 431 Å². The minimum atomic E-state index is 0.660. The largest absolute Gasteiger partial charge is 0.264 e. The number of hydrogen-bond acceptors (Lipinski definition) is 7. The van der Waals surface area contributed by atoms with E-state index in [2.05, 4.69) is 391 Å². The summed E-state index contributed by atoms with van der Waals surface area (Å²) < 4.78 is 0. The summed E-state index contributed by atoms with van der Waals surface area (Å²) in [6.07, 6.45) is 11.1. The zero-order valence-corrected chi connectivity index (χ0v) is 64.1. The highest BCUT2D eigenvalue weighted by atomic mass is 14.9. The number of hydrogen-bond donors (Lipinski definition) is 0. The Bertz CT molecular complexity index is 7400. The first kappa shape index (κ1) is 70.1. The van der Waals surface area contributed by atoms with Gasteiger partial charge < -0.3 is 0 Å². The van der Waals surface area contributed by atoms with Crippen molar-refractivity contribution in [2.45, 2.75) is 0 Å². The molecule has 0 fully saturated rings. The van der Waals surface area contributed by atoms with E-state index in [0.29, 0.717) is 11.6 Å². The van der Waals surface area contributed by atoms with Crippen LogP contribution in [0.1, 0.15) is 0 Å². The maximum absolute atomic E-state index is 5.45. The molecular weight excluding hydrogens is 1430 g/mol. The maximum atomic E-state index is 5.45. The van der Waals surface area contributed by atoms with E-state index in [1.54, 1.807) is 12.4 Å². The SMILES string of the molecule is c1ccc(-c2c3ccccc3c(-c3cccc(-c4nc(-c5cccc(-c6cccnc6)c5)cc(-c5cccc(-c6cccnc6)c5)n4)c3)c3ccccc23)cc1.c1cncc(-c2cccc(-c3cc(-c4cc5ccccc5c5ccccc45)nc(-c4cccc(-c5c6ccccc6c(-c6ccc7ccccc7c6)c6ccccc56)c4)n3)c2)c1. The van der Waals surface area contributed by atoms with Crippen molar-refractivity contribution in [1.29, 1.82) is 0 Å². The molecule has 118 heavy (non-hydrogen) atoms. The van der Waals surface area contributed by atoms with Crippen molar-refractivity contribution in [3.8, 4) is 146 Å². The number of rotatable bonds is 13. The van der Waals surface area contributed by atoms with Gasteiger partial charge in [0.15, 0.2) is 11.6 Å². The average molecular weight is 1500 g/mol. The molecular formula is C111H71N7. The lowest BCUT2D eigenvalue weighted by Gasteiger charge is -2.18. The zero-order chi connectivity index (χ0) is 78.2. The summed E-state index contributed by atoms with van der Waals surface area (Å²) in [4.78, 5) is 34.6. The Balaban J connectivity index is 0.000000148. The van der Waals surface area contributed by atoms with Crippen molar-refractivity contribution in [2.75, 3.05) is 0 Å². The average Bonchev–Trinajstić information content (AvgIpc) is 0.714. The van der Waals surface area contributed by atoms with Gasteiger partial charge in [-0.3, -0.25) is 15.0 Å². The Morgan fingerprint density at radius 1 is 0.144 bits per heavy atom. The molecule has 0 N–H and O–H groups in total. The molecule has 0 spiro atoms. The smallest absolute Gasteiger partial charge is 0.160 e. The molecule has 17 aromatic carbocycles. The molecule has 0 bridgehead atoms. The van der Waals surface area contributed by atoms with E-state index in [-0.39, 0.29) is 0 Å². The number of benzene rings is 17. The molecule has 0 saturated heterocycles. The van der Waals surface area contributed by atoms with Crippen LogP contribution in [0, 0.1) is 0 Å². The van der Waals surface area contributed by atoms with E-state index in [4.69, 9.17) is 19.9 Å². The lowest BCUT2D eigenvalue weighted by molar-refractivity contribution is 1.18. The standard InChI is InChI=1S/C59H37N3.C52H34N4/c1-2-15-39-33-44(30-29-38(39)14-1)58-52-27-9-7-25-50(52)57(51-26-8-10-28-53(51)58)43-19-12-20-45(34-43)59-61-55(42-18-11-17-40(32-42)46-21-13-31-60-37-46)36-56(62-59)54-35-41-16-3-4-22-47(41)48-23-5-6-24-49(48)54;1-2-13-35(14-3-1)50-44-23-4-6-25-46(44)51(47-26-7-5-24-45(47)50)40-19-10-20-41(31-40)52-55-48(38-17-8-15-36(29-38)42-21-11-27-53-33-42)32-49(56-52)39-18-9-16-37(30-39)43-22-12-28-54-34-43/h1-37H;1-34H. The van der Waals surface area contributed by atoms with Gasteiger partial charge in [-0.15, -0.1) is 0 Å². The summed E-state index contributed by atoms with van der Waals surface area (Å²) in [6, 6.07) is 140. The fourth-order valence-corrected chi connectivity index (χ4v) is 17.3. The van der Waals surface area contributed by atoms with Crippen molar-refractivity contribution < 1.29 is 0 Å². The molecule has 22 aromatic rings. The van der Waals surface area contributed by atoms with Crippen molar-refractivity contribution in [3.05, 3.63) is 431 Å². The molecule has 0 aliphatic carbocycles. The van der Waals surface area contributed by atoms with Crippen LogP contribution < -0.4 is 0 Å². The van der Waals surface area contributed by atoms with E-state index in [1.165, 1.54) is 103 Å². The predicted molar refractivity (Wildman–Crippen MR) is 491 cm³/mol. The Kier molecular flexibility index (Phi) is 18.2. The summed E-state index contributed by atoms with van der Waals surface area (Å²) in [5.41, 5.74) is 25.4. The van der Waals surface area contributed by atoms with Crippen LogP contribution in [0.3, 0.4) is 0 Å². The van der Waals surface area contributed by atoms with Gasteiger partial charge >= 0.3 is 0 Å². The van der Waals surface area contributed by atoms with Crippen LogP contribution in [0.5, 0.6) is 0 Å². The van der Waals surface area contributed by atoms with Crippen LogP contribution in [-0.4, -0.2) is 34.9 Å². The molecule has 22 rings (SSSR count). The first-order valence-corrected chi connectivity index (χ1v) is 39.8. The van der Waals surface area contributed by atoms with Crippen LogP contribution >= 0.6 is 0 Å². The number of pyridine rings is 3. The molecule has 0 atom stereocenters. The van der Waals surface area contributed by atoms with Crippen LogP contribution in [0.25, 0.3) is 221 Å². The topological polar surface area (TPSA) is 90.2 Å². The van der Waals surface area contributed by atoms with Gasteiger partial charge in [0.25, 0.3) is 0 Å². The number of aromatic nitrogens is 7. The van der Waals surface area contributed by atoms with Gasteiger partial charge in [0, 0.05) is 87.3 Å². The summed E-state index contributed by atoms with van der Waals surface area (Å²) in [5.74, 6) is 1.33. The van der Waals surface area contributed by atoms with E-state index in [9.17, 15) is 0 Å². The molecule has 0 radical (unpaired) electrons. The second-order valence-electron chi connectivity index (χ2n) is 29.9. The van der Waals surface area contributed by atoms with Crippen molar-refractivity contribution in [1.82, 2.24) is 34.9 Å².